The number of hydrogen-bond donors (Lipinski definition) is 0. The van der Waals surface area contributed by atoms with Gasteiger partial charge in [-0.2, -0.15) is 0 Å². The molecule has 3 aromatic rings. The highest BCUT2D eigenvalue weighted by molar-refractivity contribution is 5.94. The standard InChI is InChI=1S/C29H35N3O3/c1-4-31(19-24-13-8-9-15-27(24)34-21-23-11-6-5-7-12-23)25-16-18-32(20-25)28-26(14-10-17-30-28)29(33)35-22(2)3/h5-15,17,22,25H,4,16,18-21H2,1-3H3/t25-/m0/s1. The van der Waals surface area contributed by atoms with Gasteiger partial charge in [0.05, 0.1) is 6.10 Å². The van der Waals surface area contributed by atoms with Gasteiger partial charge in [0.1, 0.15) is 23.7 Å². The molecule has 6 heteroatoms. The molecular formula is C29H35N3O3. The largest absolute Gasteiger partial charge is 0.489 e. The average Bonchev–Trinajstić information content (AvgIpc) is 3.37. The van der Waals surface area contributed by atoms with Crippen molar-refractivity contribution in [3.05, 3.63) is 89.6 Å². The van der Waals surface area contributed by atoms with E-state index < -0.39 is 0 Å². The van der Waals surface area contributed by atoms with Crippen LogP contribution < -0.4 is 9.64 Å². The highest BCUT2D eigenvalue weighted by atomic mass is 16.5. The lowest BCUT2D eigenvalue weighted by Gasteiger charge is -2.29. The van der Waals surface area contributed by atoms with Crippen LogP contribution in [0.1, 0.15) is 48.7 Å². The summed E-state index contributed by atoms with van der Waals surface area (Å²) in [6.07, 6.45) is 2.59. The van der Waals surface area contributed by atoms with Crippen LogP contribution in [0.4, 0.5) is 5.82 Å². The highest BCUT2D eigenvalue weighted by Gasteiger charge is 2.30. The SMILES string of the molecule is CCN(Cc1ccccc1OCc1ccccc1)[C@H]1CCN(c2ncccc2C(=O)OC(C)C)C1. The summed E-state index contributed by atoms with van der Waals surface area (Å²) in [6, 6.07) is 22.5. The van der Waals surface area contributed by atoms with Gasteiger partial charge in [0.2, 0.25) is 0 Å². The van der Waals surface area contributed by atoms with Crippen molar-refractivity contribution in [1.29, 1.82) is 0 Å². The van der Waals surface area contributed by atoms with Crippen molar-refractivity contribution in [2.24, 2.45) is 0 Å². The number of pyridine rings is 1. The Morgan fingerprint density at radius 1 is 1.09 bits per heavy atom. The number of carbonyl (C=O) groups is 1. The Morgan fingerprint density at radius 2 is 1.86 bits per heavy atom. The molecule has 0 bridgehead atoms. The quantitative estimate of drug-likeness (QED) is 0.371. The average molecular weight is 474 g/mol. The van der Waals surface area contributed by atoms with E-state index in [2.05, 4.69) is 46.0 Å². The summed E-state index contributed by atoms with van der Waals surface area (Å²) in [7, 11) is 0. The molecule has 0 aliphatic carbocycles. The first-order chi connectivity index (χ1) is 17.0. The van der Waals surface area contributed by atoms with E-state index in [1.165, 1.54) is 5.56 Å². The van der Waals surface area contributed by atoms with Crippen molar-refractivity contribution in [1.82, 2.24) is 9.88 Å². The van der Waals surface area contributed by atoms with E-state index in [0.29, 0.717) is 24.0 Å². The molecule has 4 rings (SSSR count). The summed E-state index contributed by atoms with van der Waals surface area (Å²) in [5.41, 5.74) is 2.87. The number of nitrogens with zero attached hydrogens (tertiary/aromatic N) is 3. The maximum absolute atomic E-state index is 12.6. The minimum Gasteiger partial charge on any atom is -0.489 e. The lowest BCUT2D eigenvalue weighted by molar-refractivity contribution is 0.0378. The molecule has 0 saturated carbocycles. The molecule has 1 fully saturated rings. The van der Waals surface area contributed by atoms with Crippen molar-refractivity contribution >= 4 is 11.8 Å². The monoisotopic (exact) mass is 473 g/mol. The molecule has 0 amide bonds. The topological polar surface area (TPSA) is 54.9 Å². The molecule has 6 nitrogen and oxygen atoms in total. The molecule has 1 aliphatic rings. The predicted molar refractivity (Wildman–Crippen MR) is 139 cm³/mol. The Balaban J connectivity index is 1.43. The van der Waals surface area contributed by atoms with E-state index in [1.54, 1.807) is 18.3 Å². The number of esters is 1. The normalized spacial score (nSPS) is 15.6. The molecule has 2 heterocycles. The first kappa shape index (κ1) is 24.7. The van der Waals surface area contributed by atoms with Gasteiger partial charge in [-0.05, 0) is 50.6 Å². The number of rotatable bonds is 10. The van der Waals surface area contributed by atoms with Gasteiger partial charge in [-0.15, -0.1) is 0 Å². The van der Waals surface area contributed by atoms with E-state index in [0.717, 1.165) is 43.9 Å². The molecule has 1 saturated heterocycles. The summed E-state index contributed by atoms with van der Waals surface area (Å²) in [6.45, 7) is 9.88. The first-order valence-electron chi connectivity index (χ1n) is 12.4. The first-order valence-corrected chi connectivity index (χ1v) is 12.4. The van der Waals surface area contributed by atoms with Gasteiger partial charge >= 0.3 is 5.97 Å². The lowest BCUT2D eigenvalue weighted by atomic mass is 10.1. The molecular weight excluding hydrogens is 438 g/mol. The van der Waals surface area contributed by atoms with Gasteiger partial charge in [-0.25, -0.2) is 9.78 Å². The zero-order valence-electron chi connectivity index (χ0n) is 20.9. The van der Waals surface area contributed by atoms with E-state index in [1.807, 2.05) is 44.2 Å². The van der Waals surface area contributed by atoms with Crippen LogP contribution in [0.2, 0.25) is 0 Å². The van der Waals surface area contributed by atoms with Gasteiger partial charge in [0.15, 0.2) is 0 Å². The number of anilines is 1. The molecule has 184 valence electrons. The highest BCUT2D eigenvalue weighted by Crippen LogP contribution is 2.28. The molecule has 0 spiro atoms. The molecule has 1 aromatic heterocycles. The maximum Gasteiger partial charge on any atom is 0.342 e. The summed E-state index contributed by atoms with van der Waals surface area (Å²) in [5.74, 6) is 1.32. The fourth-order valence-electron chi connectivity index (χ4n) is 4.55. The number of aromatic nitrogens is 1. The summed E-state index contributed by atoms with van der Waals surface area (Å²) in [4.78, 5) is 21.9. The van der Waals surface area contributed by atoms with Crippen LogP contribution in [0, 0.1) is 0 Å². The van der Waals surface area contributed by atoms with Gasteiger partial charge in [-0.3, -0.25) is 4.90 Å². The smallest absolute Gasteiger partial charge is 0.342 e. The second-order valence-corrected chi connectivity index (χ2v) is 9.16. The van der Waals surface area contributed by atoms with Crippen molar-refractivity contribution in [3.8, 4) is 5.75 Å². The van der Waals surface area contributed by atoms with E-state index in [9.17, 15) is 4.79 Å². The Kier molecular flexibility index (Phi) is 8.37. The van der Waals surface area contributed by atoms with Crippen molar-refractivity contribution < 1.29 is 14.3 Å². The minimum atomic E-state index is -0.316. The second kappa shape index (κ2) is 11.8. The third-order valence-corrected chi connectivity index (χ3v) is 6.32. The van der Waals surface area contributed by atoms with Gasteiger partial charge in [0.25, 0.3) is 0 Å². The Hall–Kier alpha value is -3.38. The van der Waals surface area contributed by atoms with E-state index in [-0.39, 0.29) is 12.1 Å². The number of benzene rings is 2. The second-order valence-electron chi connectivity index (χ2n) is 9.16. The molecule has 0 N–H and O–H groups in total. The zero-order valence-corrected chi connectivity index (χ0v) is 20.9. The zero-order chi connectivity index (χ0) is 24.6. The number of carbonyl (C=O) groups excluding carboxylic acids is 1. The molecule has 1 atom stereocenters. The van der Waals surface area contributed by atoms with Gasteiger partial charge in [-0.1, -0.05) is 55.5 Å². The molecule has 2 aromatic carbocycles. The van der Waals surface area contributed by atoms with Crippen LogP contribution in [0.5, 0.6) is 5.75 Å². The van der Waals surface area contributed by atoms with Crippen LogP contribution in [-0.2, 0) is 17.9 Å². The van der Waals surface area contributed by atoms with Crippen LogP contribution >= 0.6 is 0 Å². The van der Waals surface area contributed by atoms with Crippen molar-refractivity contribution in [3.63, 3.8) is 0 Å². The number of ether oxygens (including phenoxy) is 2. The molecule has 0 radical (unpaired) electrons. The Morgan fingerprint density at radius 3 is 2.63 bits per heavy atom. The Bertz CT molecular complexity index is 1100. The van der Waals surface area contributed by atoms with Crippen molar-refractivity contribution in [2.75, 3.05) is 24.5 Å². The molecule has 1 aliphatic heterocycles. The maximum atomic E-state index is 12.6. The van der Waals surface area contributed by atoms with Crippen molar-refractivity contribution in [2.45, 2.75) is 52.5 Å². The van der Waals surface area contributed by atoms with Crippen LogP contribution in [-0.4, -0.2) is 47.6 Å². The van der Waals surface area contributed by atoms with Gasteiger partial charge < -0.3 is 14.4 Å². The van der Waals surface area contributed by atoms with Crippen LogP contribution in [0.25, 0.3) is 0 Å². The van der Waals surface area contributed by atoms with Crippen LogP contribution in [0.15, 0.2) is 72.9 Å². The van der Waals surface area contributed by atoms with Gasteiger partial charge in [0, 0.05) is 37.4 Å². The summed E-state index contributed by atoms with van der Waals surface area (Å²) in [5, 5.41) is 0. The third-order valence-electron chi connectivity index (χ3n) is 6.32. The predicted octanol–water partition coefficient (Wildman–Crippen LogP) is 5.33. The Labute approximate surface area is 208 Å². The number of likely N-dealkylation sites (N-methyl/N-ethyl adjacent to an activating group) is 1. The number of hydrogen-bond acceptors (Lipinski definition) is 6. The fourth-order valence-corrected chi connectivity index (χ4v) is 4.55. The molecule has 0 unspecified atom stereocenters. The number of para-hydroxylation sites is 1. The van der Waals surface area contributed by atoms with Crippen LogP contribution in [0.3, 0.4) is 0 Å². The molecule has 35 heavy (non-hydrogen) atoms. The fraction of sp³-hybridized carbons (Fsp3) is 0.379. The minimum absolute atomic E-state index is 0.165. The third kappa shape index (κ3) is 6.40. The van der Waals surface area contributed by atoms with E-state index in [4.69, 9.17) is 9.47 Å². The lowest BCUT2D eigenvalue weighted by Crippen LogP contribution is -2.37. The summed E-state index contributed by atoms with van der Waals surface area (Å²) < 4.78 is 11.6. The van der Waals surface area contributed by atoms with E-state index >= 15 is 0 Å². The summed E-state index contributed by atoms with van der Waals surface area (Å²) >= 11 is 0.